The average molecular weight is 255 g/mol. The van der Waals surface area contributed by atoms with Crippen LogP contribution in [0.3, 0.4) is 0 Å². The van der Waals surface area contributed by atoms with E-state index in [1.807, 2.05) is 6.07 Å². The van der Waals surface area contributed by atoms with Gasteiger partial charge in [0.15, 0.2) is 0 Å². The SMILES string of the molecule is Brc1cccc(CCN2CCCC2)n1. The van der Waals surface area contributed by atoms with E-state index in [-0.39, 0.29) is 0 Å². The van der Waals surface area contributed by atoms with E-state index in [1.165, 1.54) is 31.6 Å². The summed E-state index contributed by atoms with van der Waals surface area (Å²) in [5.41, 5.74) is 1.19. The molecule has 14 heavy (non-hydrogen) atoms. The number of nitrogens with zero attached hydrogens (tertiary/aromatic N) is 2. The Labute approximate surface area is 93.5 Å². The Hall–Kier alpha value is -0.410. The van der Waals surface area contributed by atoms with E-state index in [1.54, 1.807) is 0 Å². The predicted molar refractivity (Wildman–Crippen MR) is 61.3 cm³/mol. The molecule has 0 unspecified atom stereocenters. The number of rotatable bonds is 3. The number of hydrogen-bond donors (Lipinski definition) is 0. The summed E-state index contributed by atoms with van der Waals surface area (Å²) in [6, 6.07) is 6.12. The molecule has 1 aromatic rings. The Balaban J connectivity index is 1.85. The van der Waals surface area contributed by atoms with Gasteiger partial charge >= 0.3 is 0 Å². The molecular weight excluding hydrogens is 240 g/mol. The molecule has 0 N–H and O–H groups in total. The molecule has 1 aromatic heterocycles. The fraction of sp³-hybridized carbons (Fsp3) is 0.545. The number of halogens is 1. The molecule has 0 amide bonds. The van der Waals surface area contributed by atoms with Crippen molar-refractivity contribution in [3.8, 4) is 0 Å². The zero-order chi connectivity index (χ0) is 9.80. The Morgan fingerprint density at radius 2 is 2.07 bits per heavy atom. The highest BCUT2D eigenvalue weighted by Gasteiger charge is 2.10. The summed E-state index contributed by atoms with van der Waals surface area (Å²) in [5, 5.41) is 0. The van der Waals surface area contributed by atoms with Crippen LogP contribution < -0.4 is 0 Å². The van der Waals surface area contributed by atoms with Crippen molar-refractivity contribution in [3.63, 3.8) is 0 Å². The highest BCUT2D eigenvalue weighted by molar-refractivity contribution is 9.10. The molecule has 1 aliphatic heterocycles. The molecule has 0 aromatic carbocycles. The first-order valence-electron chi connectivity index (χ1n) is 5.18. The summed E-state index contributed by atoms with van der Waals surface area (Å²) in [4.78, 5) is 6.94. The van der Waals surface area contributed by atoms with Crippen LogP contribution in [0.4, 0.5) is 0 Å². The van der Waals surface area contributed by atoms with Gasteiger partial charge in [0.2, 0.25) is 0 Å². The second-order valence-corrected chi connectivity index (χ2v) is 4.56. The monoisotopic (exact) mass is 254 g/mol. The normalized spacial score (nSPS) is 17.5. The Morgan fingerprint density at radius 1 is 1.29 bits per heavy atom. The summed E-state index contributed by atoms with van der Waals surface area (Å²) in [6.07, 6.45) is 3.80. The van der Waals surface area contributed by atoms with Crippen LogP contribution in [0.5, 0.6) is 0 Å². The molecule has 76 valence electrons. The molecule has 0 bridgehead atoms. The van der Waals surface area contributed by atoms with Crippen LogP contribution in [0.15, 0.2) is 22.8 Å². The largest absolute Gasteiger partial charge is 0.303 e. The molecule has 0 spiro atoms. The predicted octanol–water partition coefficient (Wildman–Crippen LogP) is 2.48. The molecule has 1 aliphatic rings. The van der Waals surface area contributed by atoms with Crippen molar-refractivity contribution in [3.05, 3.63) is 28.5 Å². The van der Waals surface area contributed by atoms with Crippen molar-refractivity contribution in [2.75, 3.05) is 19.6 Å². The minimum absolute atomic E-state index is 0.941. The molecular formula is C11H15BrN2. The smallest absolute Gasteiger partial charge is 0.106 e. The standard InChI is InChI=1S/C11H15BrN2/c12-11-5-3-4-10(13-11)6-9-14-7-1-2-8-14/h3-5H,1-2,6-9H2. The lowest BCUT2D eigenvalue weighted by Gasteiger charge is -2.13. The maximum Gasteiger partial charge on any atom is 0.106 e. The van der Waals surface area contributed by atoms with Crippen LogP contribution in [-0.2, 0) is 6.42 Å². The molecule has 0 atom stereocenters. The fourth-order valence-electron chi connectivity index (χ4n) is 1.87. The lowest BCUT2D eigenvalue weighted by molar-refractivity contribution is 0.342. The van der Waals surface area contributed by atoms with E-state index < -0.39 is 0 Å². The molecule has 0 saturated carbocycles. The first kappa shape index (κ1) is 10.1. The molecule has 1 fully saturated rings. The summed E-state index contributed by atoms with van der Waals surface area (Å²) in [5.74, 6) is 0. The Kier molecular flexibility index (Phi) is 3.54. The third kappa shape index (κ3) is 2.79. The second kappa shape index (κ2) is 4.89. The maximum absolute atomic E-state index is 4.42. The first-order chi connectivity index (χ1) is 6.84. The third-order valence-electron chi connectivity index (χ3n) is 2.66. The number of aromatic nitrogens is 1. The van der Waals surface area contributed by atoms with Crippen molar-refractivity contribution in [1.29, 1.82) is 0 Å². The number of hydrogen-bond acceptors (Lipinski definition) is 2. The van der Waals surface area contributed by atoms with Gasteiger partial charge in [-0.15, -0.1) is 0 Å². The highest BCUT2D eigenvalue weighted by Crippen LogP contribution is 2.10. The minimum atomic E-state index is 0.941. The Bertz CT molecular complexity index is 295. The molecule has 3 heteroatoms. The summed E-state index contributed by atoms with van der Waals surface area (Å²) < 4.78 is 0.941. The van der Waals surface area contributed by atoms with Gasteiger partial charge in [-0.3, -0.25) is 0 Å². The zero-order valence-electron chi connectivity index (χ0n) is 8.25. The van der Waals surface area contributed by atoms with Crippen LogP contribution in [-0.4, -0.2) is 29.5 Å². The summed E-state index contributed by atoms with van der Waals surface area (Å²) in [6.45, 7) is 3.70. The molecule has 2 nitrogen and oxygen atoms in total. The van der Waals surface area contributed by atoms with Crippen LogP contribution in [0.25, 0.3) is 0 Å². The third-order valence-corrected chi connectivity index (χ3v) is 3.10. The minimum Gasteiger partial charge on any atom is -0.303 e. The summed E-state index contributed by atoms with van der Waals surface area (Å²) >= 11 is 3.39. The summed E-state index contributed by atoms with van der Waals surface area (Å²) in [7, 11) is 0. The van der Waals surface area contributed by atoms with Gasteiger partial charge in [0.25, 0.3) is 0 Å². The van der Waals surface area contributed by atoms with Gasteiger partial charge in [-0.1, -0.05) is 6.07 Å². The van der Waals surface area contributed by atoms with E-state index in [2.05, 4.69) is 37.9 Å². The zero-order valence-corrected chi connectivity index (χ0v) is 9.83. The Morgan fingerprint density at radius 3 is 2.79 bits per heavy atom. The maximum atomic E-state index is 4.42. The van der Waals surface area contributed by atoms with Gasteiger partial charge in [0.05, 0.1) is 0 Å². The highest BCUT2D eigenvalue weighted by atomic mass is 79.9. The van der Waals surface area contributed by atoms with Crippen LogP contribution in [0.1, 0.15) is 18.5 Å². The molecule has 2 heterocycles. The van der Waals surface area contributed by atoms with Crippen molar-refractivity contribution in [2.45, 2.75) is 19.3 Å². The van der Waals surface area contributed by atoms with Gasteiger partial charge in [-0.2, -0.15) is 0 Å². The fourth-order valence-corrected chi connectivity index (χ4v) is 2.25. The van der Waals surface area contributed by atoms with Crippen LogP contribution in [0.2, 0.25) is 0 Å². The van der Waals surface area contributed by atoms with Crippen molar-refractivity contribution < 1.29 is 0 Å². The van der Waals surface area contributed by atoms with Gasteiger partial charge in [0.1, 0.15) is 4.60 Å². The van der Waals surface area contributed by atoms with Crippen molar-refractivity contribution >= 4 is 15.9 Å². The van der Waals surface area contributed by atoms with E-state index in [0.717, 1.165) is 17.6 Å². The second-order valence-electron chi connectivity index (χ2n) is 3.75. The van der Waals surface area contributed by atoms with Gasteiger partial charge in [0, 0.05) is 18.7 Å². The van der Waals surface area contributed by atoms with E-state index in [4.69, 9.17) is 0 Å². The molecule has 2 rings (SSSR count). The van der Waals surface area contributed by atoms with E-state index in [9.17, 15) is 0 Å². The van der Waals surface area contributed by atoms with E-state index in [0.29, 0.717) is 0 Å². The molecule has 0 aliphatic carbocycles. The number of pyridine rings is 1. The van der Waals surface area contributed by atoms with Gasteiger partial charge in [-0.05, 0) is 54.0 Å². The van der Waals surface area contributed by atoms with Gasteiger partial charge in [-0.25, -0.2) is 4.98 Å². The van der Waals surface area contributed by atoms with Crippen LogP contribution >= 0.6 is 15.9 Å². The lowest BCUT2D eigenvalue weighted by atomic mass is 10.2. The van der Waals surface area contributed by atoms with Crippen LogP contribution in [0, 0.1) is 0 Å². The molecule has 1 saturated heterocycles. The number of likely N-dealkylation sites (tertiary alicyclic amines) is 1. The molecule has 0 radical (unpaired) electrons. The topological polar surface area (TPSA) is 16.1 Å². The average Bonchev–Trinajstić information content (AvgIpc) is 2.67. The quantitative estimate of drug-likeness (QED) is 0.771. The van der Waals surface area contributed by atoms with Gasteiger partial charge < -0.3 is 4.90 Å². The van der Waals surface area contributed by atoms with E-state index >= 15 is 0 Å². The lowest BCUT2D eigenvalue weighted by Crippen LogP contribution is -2.22. The van der Waals surface area contributed by atoms with Crippen molar-refractivity contribution in [1.82, 2.24) is 9.88 Å². The van der Waals surface area contributed by atoms with Crippen molar-refractivity contribution in [2.24, 2.45) is 0 Å². The first-order valence-corrected chi connectivity index (χ1v) is 5.98.